The Morgan fingerprint density at radius 2 is 1.95 bits per heavy atom. The zero-order chi connectivity index (χ0) is 14.1. The van der Waals surface area contributed by atoms with Crippen LogP contribution in [0.2, 0.25) is 0 Å². The average Bonchev–Trinajstić information content (AvgIpc) is 3.00. The van der Waals surface area contributed by atoms with E-state index in [9.17, 15) is 9.59 Å². The van der Waals surface area contributed by atoms with Crippen LogP contribution in [0.15, 0.2) is 30.3 Å². The predicted molar refractivity (Wildman–Crippen MR) is 74.1 cm³/mol. The number of amides is 2. The SMILES string of the molecule is O=C(CCO)N1C[C@@H]2CN(c3ccccc3)C(=O)[C@@H]2C1. The summed E-state index contributed by atoms with van der Waals surface area (Å²) >= 11 is 0. The molecule has 2 heterocycles. The minimum Gasteiger partial charge on any atom is -0.396 e. The first kappa shape index (κ1) is 13.1. The zero-order valence-electron chi connectivity index (χ0n) is 11.2. The van der Waals surface area contributed by atoms with E-state index in [-0.39, 0.29) is 36.7 Å². The molecule has 5 heteroatoms. The zero-order valence-corrected chi connectivity index (χ0v) is 11.2. The Labute approximate surface area is 117 Å². The van der Waals surface area contributed by atoms with Gasteiger partial charge >= 0.3 is 0 Å². The van der Waals surface area contributed by atoms with Gasteiger partial charge in [-0.2, -0.15) is 0 Å². The van der Waals surface area contributed by atoms with E-state index < -0.39 is 0 Å². The van der Waals surface area contributed by atoms with E-state index in [2.05, 4.69) is 0 Å². The summed E-state index contributed by atoms with van der Waals surface area (Å²) in [6.07, 6.45) is 0.149. The van der Waals surface area contributed by atoms with Gasteiger partial charge in [-0.05, 0) is 12.1 Å². The smallest absolute Gasteiger partial charge is 0.232 e. The van der Waals surface area contributed by atoms with E-state index in [0.29, 0.717) is 19.6 Å². The van der Waals surface area contributed by atoms with Crippen LogP contribution in [0.1, 0.15) is 6.42 Å². The van der Waals surface area contributed by atoms with Crippen molar-refractivity contribution in [1.82, 2.24) is 4.90 Å². The molecule has 0 unspecified atom stereocenters. The number of fused-ring (bicyclic) bond motifs is 1. The normalized spacial score (nSPS) is 25.1. The topological polar surface area (TPSA) is 60.9 Å². The fraction of sp³-hybridized carbons (Fsp3) is 0.467. The summed E-state index contributed by atoms with van der Waals surface area (Å²) in [5.74, 6) is 0.185. The molecule has 1 aromatic carbocycles. The van der Waals surface area contributed by atoms with Crippen molar-refractivity contribution in [1.29, 1.82) is 0 Å². The second-order valence-electron chi connectivity index (χ2n) is 5.42. The van der Waals surface area contributed by atoms with Crippen LogP contribution < -0.4 is 4.90 Å². The number of para-hydroxylation sites is 1. The van der Waals surface area contributed by atoms with E-state index in [1.54, 1.807) is 4.90 Å². The molecule has 0 aliphatic carbocycles. The molecule has 3 rings (SSSR count). The van der Waals surface area contributed by atoms with Crippen molar-refractivity contribution >= 4 is 17.5 Å². The van der Waals surface area contributed by atoms with E-state index in [1.807, 2.05) is 35.2 Å². The van der Waals surface area contributed by atoms with Crippen molar-refractivity contribution in [3.8, 4) is 0 Å². The number of hydrogen-bond donors (Lipinski definition) is 1. The highest BCUT2D eigenvalue weighted by molar-refractivity contribution is 5.98. The summed E-state index contributed by atoms with van der Waals surface area (Å²) < 4.78 is 0. The lowest BCUT2D eigenvalue weighted by molar-refractivity contribution is -0.131. The second-order valence-corrected chi connectivity index (χ2v) is 5.42. The molecular formula is C15H18N2O3. The number of aliphatic hydroxyl groups excluding tert-OH is 1. The van der Waals surface area contributed by atoms with Gasteiger partial charge in [0, 0.05) is 37.7 Å². The van der Waals surface area contributed by atoms with Crippen LogP contribution in [0, 0.1) is 11.8 Å². The molecule has 2 atom stereocenters. The molecule has 2 aliphatic rings. The van der Waals surface area contributed by atoms with Gasteiger partial charge in [-0.15, -0.1) is 0 Å². The third kappa shape index (κ3) is 2.18. The van der Waals surface area contributed by atoms with Crippen molar-refractivity contribution in [2.45, 2.75) is 6.42 Å². The van der Waals surface area contributed by atoms with Crippen LogP contribution in [0.4, 0.5) is 5.69 Å². The van der Waals surface area contributed by atoms with Gasteiger partial charge < -0.3 is 14.9 Å². The van der Waals surface area contributed by atoms with Crippen molar-refractivity contribution in [2.75, 3.05) is 31.1 Å². The molecule has 2 fully saturated rings. The minimum absolute atomic E-state index is 0.0547. The molecule has 106 valence electrons. The maximum Gasteiger partial charge on any atom is 0.232 e. The minimum atomic E-state index is -0.130. The summed E-state index contributed by atoms with van der Waals surface area (Å²) in [6.45, 7) is 1.66. The van der Waals surface area contributed by atoms with Crippen molar-refractivity contribution in [2.24, 2.45) is 11.8 Å². The highest BCUT2D eigenvalue weighted by Gasteiger charge is 2.47. The Bertz CT molecular complexity index is 517. The summed E-state index contributed by atoms with van der Waals surface area (Å²) in [6, 6.07) is 9.66. The molecule has 2 aliphatic heterocycles. The number of aliphatic hydroxyl groups is 1. The first-order valence-electron chi connectivity index (χ1n) is 6.95. The number of anilines is 1. The lowest BCUT2D eigenvalue weighted by atomic mass is 10.0. The molecule has 0 spiro atoms. The predicted octanol–water partition coefficient (Wildman–Crippen LogP) is 0.490. The third-order valence-electron chi connectivity index (χ3n) is 4.19. The van der Waals surface area contributed by atoms with Gasteiger partial charge in [-0.1, -0.05) is 18.2 Å². The van der Waals surface area contributed by atoms with Gasteiger partial charge in [0.1, 0.15) is 0 Å². The summed E-state index contributed by atoms with van der Waals surface area (Å²) in [4.78, 5) is 27.8. The molecule has 1 aromatic rings. The maximum absolute atomic E-state index is 12.5. The maximum atomic E-state index is 12.5. The number of benzene rings is 1. The van der Waals surface area contributed by atoms with Gasteiger partial charge in [0.15, 0.2) is 0 Å². The van der Waals surface area contributed by atoms with Crippen LogP contribution in [-0.4, -0.2) is 48.1 Å². The molecule has 0 radical (unpaired) electrons. The number of carbonyl (C=O) groups excluding carboxylic acids is 2. The van der Waals surface area contributed by atoms with Crippen molar-refractivity contribution in [3.63, 3.8) is 0 Å². The quantitative estimate of drug-likeness (QED) is 0.872. The number of carbonyl (C=O) groups is 2. The lowest BCUT2D eigenvalue weighted by Crippen LogP contribution is -2.35. The standard InChI is InChI=1S/C15H18N2O3/c18-7-6-14(19)16-8-11-9-17(15(20)13(11)10-16)12-4-2-1-3-5-12/h1-5,11,13,18H,6-10H2/t11-,13-/m1/s1. The Morgan fingerprint density at radius 1 is 1.20 bits per heavy atom. The van der Waals surface area contributed by atoms with Gasteiger partial charge in [0.25, 0.3) is 0 Å². The van der Waals surface area contributed by atoms with Crippen LogP contribution in [0.25, 0.3) is 0 Å². The van der Waals surface area contributed by atoms with Gasteiger partial charge in [-0.3, -0.25) is 9.59 Å². The third-order valence-corrected chi connectivity index (χ3v) is 4.19. The molecule has 2 amide bonds. The first-order valence-corrected chi connectivity index (χ1v) is 6.95. The molecule has 1 N–H and O–H groups in total. The first-order chi connectivity index (χ1) is 9.70. The summed E-state index contributed by atoms with van der Waals surface area (Å²) in [5, 5.41) is 8.82. The van der Waals surface area contributed by atoms with Gasteiger partial charge in [0.05, 0.1) is 12.5 Å². The molecule has 0 aromatic heterocycles. The lowest BCUT2D eigenvalue weighted by Gasteiger charge is -2.21. The highest BCUT2D eigenvalue weighted by Crippen LogP contribution is 2.35. The average molecular weight is 274 g/mol. The molecule has 0 saturated carbocycles. The van der Waals surface area contributed by atoms with Crippen LogP contribution >= 0.6 is 0 Å². The number of nitrogens with zero attached hydrogens (tertiary/aromatic N) is 2. The fourth-order valence-electron chi connectivity index (χ4n) is 3.16. The number of hydrogen-bond acceptors (Lipinski definition) is 3. The largest absolute Gasteiger partial charge is 0.396 e. The van der Waals surface area contributed by atoms with Crippen LogP contribution in [0.3, 0.4) is 0 Å². The van der Waals surface area contributed by atoms with Gasteiger partial charge in [-0.25, -0.2) is 0 Å². The van der Waals surface area contributed by atoms with E-state index >= 15 is 0 Å². The van der Waals surface area contributed by atoms with E-state index in [1.165, 1.54) is 0 Å². The highest BCUT2D eigenvalue weighted by atomic mass is 16.3. The van der Waals surface area contributed by atoms with Crippen molar-refractivity contribution in [3.05, 3.63) is 30.3 Å². The second kappa shape index (κ2) is 5.25. The molecule has 20 heavy (non-hydrogen) atoms. The van der Waals surface area contributed by atoms with E-state index in [4.69, 9.17) is 5.11 Å². The summed E-state index contributed by atoms with van der Waals surface area (Å²) in [7, 11) is 0. The number of rotatable bonds is 3. The monoisotopic (exact) mass is 274 g/mol. The Morgan fingerprint density at radius 3 is 2.60 bits per heavy atom. The molecule has 0 bridgehead atoms. The fourth-order valence-corrected chi connectivity index (χ4v) is 3.16. The van der Waals surface area contributed by atoms with Crippen LogP contribution in [0.5, 0.6) is 0 Å². The molecule has 5 nitrogen and oxygen atoms in total. The van der Waals surface area contributed by atoms with Gasteiger partial charge in [0.2, 0.25) is 11.8 Å². The number of likely N-dealkylation sites (tertiary alicyclic amines) is 1. The molecule has 2 saturated heterocycles. The molecular weight excluding hydrogens is 256 g/mol. The summed E-state index contributed by atoms with van der Waals surface area (Å²) in [5.41, 5.74) is 0.931. The Balaban J connectivity index is 1.70. The Hall–Kier alpha value is -1.88. The Kier molecular flexibility index (Phi) is 3.44. The van der Waals surface area contributed by atoms with Crippen LogP contribution in [-0.2, 0) is 9.59 Å². The van der Waals surface area contributed by atoms with E-state index in [0.717, 1.165) is 5.69 Å². The van der Waals surface area contributed by atoms with Crippen molar-refractivity contribution < 1.29 is 14.7 Å².